The topological polar surface area (TPSA) is 79.6 Å². The van der Waals surface area contributed by atoms with Crippen molar-refractivity contribution in [2.24, 2.45) is 0 Å². The zero-order valence-corrected chi connectivity index (χ0v) is 18.5. The first-order chi connectivity index (χ1) is 14.4. The van der Waals surface area contributed by atoms with Crippen molar-refractivity contribution in [2.75, 3.05) is 13.1 Å². The lowest BCUT2D eigenvalue weighted by Crippen LogP contribution is -2.37. The van der Waals surface area contributed by atoms with Gasteiger partial charge >= 0.3 is 0 Å². The van der Waals surface area contributed by atoms with Gasteiger partial charge in [-0.2, -0.15) is 5.10 Å². The Kier molecular flexibility index (Phi) is 5.85. The van der Waals surface area contributed by atoms with Gasteiger partial charge in [0.15, 0.2) is 5.65 Å². The molecule has 0 fully saturated rings. The summed E-state index contributed by atoms with van der Waals surface area (Å²) in [6.45, 7) is 7.75. The number of nitrogens with one attached hydrogen (secondary N) is 1. The molecule has 3 aromatic heterocycles. The Balaban J connectivity index is 1.26. The second-order valence-electron chi connectivity index (χ2n) is 7.85. The molecule has 3 aromatic rings. The Morgan fingerprint density at radius 3 is 2.90 bits per heavy atom. The Morgan fingerprint density at radius 1 is 1.23 bits per heavy atom. The number of carbonyl (C=O) groups is 2. The van der Waals surface area contributed by atoms with Gasteiger partial charge < -0.3 is 10.2 Å². The van der Waals surface area contributed by atoms with Gasteiger partial charge in [0, 0.05) is 54.8 Å². The van der Waals surface area contributed by atoms with Crippen LogP contribution in [0.3, 0.4) is 0 Å². The zero-order valence-electron chi connectivity index (χ0n) is 17.7. The van der Waals surface area contributed by atoms with Gasteiger partial charge in [-0.25, -0.2) is 9.50 Å². The fraction of sp³-hybridized carbons (Fsp3) is 0.455. The van der Waals surface area contributed by atoms with Crippen molar-refractivity contribution in [3.63, 3.8) is 0 Å². The molecule has 0 radical (unpaired) electrons. The summed E-state index contributed by atoms with van der Waals surface area (Å²) in [6, 6.07) is 4.05. The van der Waals surface area contributed by atoms with E-state index in [0.717, 1.165) is 41.3 Å². The van der Waals surface area contributed by atoms with Crippen molar-refractivity contribution in [3.8, 4) is 0 Å². The maximum absolute atomic E-state index is 12.5. The molecule has 0 spiro atoms. The van der Waals surface area contributed by atoms with Crippen molar-refractivity contribution in [2.45, 2.75) is 53.0 Å². The number of nitrogens with zero attached hydrogens (tertiary/aromatic N) is 4. The second kappa shape index (κ2) is 8.55. The molecule has 0 atom stereocenters. The molecule has 0 saturated carbocycles. The van der Waals surface area contributed by atoms with Crippen LogP contribution in [0.15, 0.2) is 17.5 Å². The Morgan fingerprint density at radius 2 is 2.07 bits per heavy atom. The Labute approximate surface area is 180 Å². The van der Waals surface area contributed by atoms with Crippen LogP contribution in [0.5, 0.6) is 0 Å². The predicted molar refractivity (Wildman–Crippen MR) is 117 cm³/mol. The summed E-state index contributed by atoms with van der Waals surface area (Å²) in [6.07, 6.45) is 2.24. The summed E-state index contributed by atoms with van der Waals surface area (Å²) in [5.41, 5.74) is 6.02. The molecule has 1 N–H and O–H groups in total. The van der Waals surface area contributed by atoms with Gasteiger partial charge in [0.1, 0.15) is 0 Å². The highest BCUT2D eigenvalue weighted by Gasteiger charge is 2.21. The first kappa shape index (κ1) is 20.5. The number of hydrogen-bond donors (Lipinski definition) is 1. The van der Waals surface area contributed by atoms with Gasteiger partial charge in [-0.05, 0) is 56.2 Å². The van der Waals surface area contributed by atoms with E-state index in [1.165, 1.54) is 10.4 Å². The van der Waals surface area contributed by atoms with Crippen molar-refractivity contribution >= 4 is 28.8 Å². The number of rotatable bonds is 6. The third-order valence-electron chi connectivity index (χ3n) is 5.71. The van der Waals surface area contributed by atoms with Gasteiger partial charge in [-0.3, -0.25) is 9.59 Å². The molecule has 8 heteroatoms. The van der Waals surface area contributed by atoms with E-state index in [4.69, 9.17) is 0 Å². The van der Waals surface area contributed by atoms with E-state index in [0.29, 0.717) is 32.4 Å². The highest BCUT2D eigenvalue weighted by molar-refractivity contribution is 7.10. The van der Waals surface area contributed by atoms with E-state index in [2.05, 4.69) is 26.8 Å². The quantitative estimate of drug-likeness (QED) is 0.659. The van der Waals surface area contributed by atoms with Crippen LogP contribution in [0.25, 0.3) is 5.65 Å². The number of fused-ring (bicyclic) bond motifs is 2. The van der Waals surface area contributed by atoms with E-state index in [9.17, 15) is 9.59 Å². The number of thiophene rings is 1. The molecule has 0 unspecified atom stereocenters. The van der Waals surface area contributed by atoms with Crippen LogP contribution in [-0.4, -0.2) is 44.4 Å². The fourth-order valence-electron chi connectivity index (χ4n) is 4.06. The molecule has 0 saturated heterocycles. The number of carbonyl (C=O) groups excluding carboxylic acids is 2. The van der Waals surface area contributed by atoms with E-state index in [1.54, 1.807) is 11.3 Å². The first-order valence-corrected chi connectivity index (χ1v) is 11.2. The molecule has 7 nitrogen and oxygen atoms in total. The molecule has 158 valence electrons. The highest BCUT2D eigenvalue weighted by atomic mass is 32.1. The average molecular weight is 426 g/mol. The van der Waals surface area contributed by atoms with Crippen LogP contribution in [0.1, 0.15) is 45.9 Å². The van der Waals surface area contributed by atoms with Crippen LogP contribution in [0.2, 0.25) is 0 Å². The maximum atomic E-state index is 12.5. The van der Waals surface area contributed by atoms with Gasteiger partial charge in [-0.15, -0.1) is 11.3 Å². The van der Waals surface area contributed by atoms with Gasteiger partial charge in [0.25, 0.3) is 0 Å². The lowest BCUT2D eigenvalue weighted by Gasteiger charge is -2.27. The molecule has 0 aromatic carbocycles. The molecule has 1 aliphatic rings. The summed E-state index contributed by atoms with van der Waals surface area (Å²) in [7, 11) is 0. The van der Waals surface area contributed by atoms with Gasteiger partial charge in [0.2, 0.25) is 11.8 Å². The third kappa shape index (κ3) is 4.23. The van der Waals surface area contributed by atoms with E-state index < -0.39 is 0 Å². The Hall–Kier alpha value is -2.74. The number of aromatic nitrogens is 3. The van der Waals surface area contributed by atoms with Crippen LogP contribution in [-0.2, 0) is 29.0 Å². The minimum absolute atomic E-state index is 0.0443. The maximum Gasteiger partial charge on any atom is 0.224 e. The molecule has 2 amide bonds. The van der Waals surface area contributed by atoms with E-state index in [1.807, 2.05) is 36.3 Å². The van der Waals surface area contributed by atoms with Gasteiger partial charge in [0.05, 0.1) is 5.69 Å². The van der Waals surface area contributed by atoms with Crippen LogP contribution >= 0.6 is 11.3 Å². The standard InChI is InChI=1S/C22H27N5O2S/c1-14-12-20-24-15(2)18(16(3)27(20)25-14)4-5-21(28)23-9-6-22(29)26-10-7-19-17(13-26)8-11-30-19/h8,11-12H,4-7,9-10,13H2,1-3H3,(H,23,28). The molecule has 0 aliphatic carbocycles. The van der Waals surface area contributed by atoms with E-state index >= 15 is 0 Å². The molecule has 4 rings (SSSR count). The van der Waals surface area contributed by atoms with Crippen LogP contribution in [0, 0.1) is 20.8 Å². The van der Waals surface area contributed by atoms with Crippen LogP contribution in [0.4, 0.5) is 0 Å². The SMILES string of the molecule is Cc1cc2nc(C)c(CCC(=O)NCCC(=O)N3CCc4sccc4C3)c(C)n2n1. The van der Waals surface area contributed by atoms with Gasteiger partial charge in [-0.1, -0.05) is 0 Å². The van der Waals surface area contributed by atoms with E-state index in [-0.39, 0.29) is 11.8 Å². The molecule has 0 bridgehead atoms. The molecule has 1 aliphatic heterocycles. The zero-order chi connectivity index (χ0) is 21.3. The number of aryl methyl sites for hydroxylation is 3. The van der Waals surface area contributed by atoms with Crippen LogP contribution < -0.4 is 5.32 Å². The molecule has 4 heterocycles. The minimum Gasteiger partial charge on any atom is -0.356 e. The lowest BCUT2D eigenvalue weighted by molar-refractivity contribution is -0.132. The summed E-state index contributed by atoms with van der Waals surface area (Å²) in [5, 5.41) is 9.45. The van der Waals surface area contributed by atoms with Crippen molar-refractivity contribution in [1.29, 1.82) is 0 Å². The normalized spacial score (nSPS) is 13.5. The second-order valence-corrected chi connectivity index (χ2v) is 8.85. The summed E-state index contributed by atoms with van der Waals surface area (Å²) < 4.78 is 1.84. The summed E-state index contributed by atoms with van der Waals surface area (Å²) >= 11 is 1.76. The van der Waals surface area contributed by atoms with Crippen molar-refractivity contribution in [3.05, 3.63) is 50.6 Å². The number of hydrogen-bond acceptors (Lipinski definition) is 5. The third-order valence-corrected chi connectivity index (χ3v) is 6.73. The fourth-order valence-corrected chi connectivity index (χ4v) is 4.95. The highest BCUT2D eigenvalue weighted by Crippen LogP contribution is 2.24. The largest absolute Gasteiger partial charge is 0.356 e. The molecular weight excluding hydrogens is 398 g/mol. The average Bonchev–Trinajstić information content (AvgIpc) is 3.32. The smallest absolute Gasteiger partial charge is 0.224 e. The van der Waals surface area contributed by atoms with Crippen molar-refractivity contribution in [1.82, 2.24) is 24.8 Å². The monoisotopic (exact) mass is 425 g/mol. The van der Waals surface area contributed by atoms with Crippen molar-refractivity contribution < 1.29 is 9.59 Å². The molecular formula is C22H27N5O2S. The minimum atomic E-state index is -0.0443. The number of amides is 2. The predicted octanol–water partition coefficient (Wildman–Crippen LogP) is 2.74. The summed E-state index contributed by atoms with van der Waals surface area (Å²) in [5.74, 6) is 0.0552. The summed E-state index contributed by atoms with van der Waals surface area (Å²) in [4.78, 5) is 32.7. The first-order valence-electron chi connectivity index (χ1n) is 10.3. The Bertz CT molecular complexity index is 1100. The molecule has 30 heavy (non-hydrogen) atoms. The lowest BCUT2D eigenvalue weighted by atomic mass is 10.1.